The van der Waals surface area contributed by atoms with Crippen molar-refractivity contribution in [3.05, 3.63) is 17.5 Å². The van der Waals surface area contributed by atoms with E-state index in [1.807, 2.05) is 6.92 Å². The quantitative estimate of drug-likeness (QED) is 0.580. The molecule has 1 aromatic rings. The Morgan fingerprint density at radius 3 is 3.20 bits per heavy atom. The van der Waals surface area contributed by atoms with Gasteiger partial charge in [-0.25, -0.2) is 0 Å². The van der Waals surface area contributed by atoms with Crippen molar-refractivity contribution in [2.24, 2.45) is 0 Å². The molecule has 1 rings (SSSR count). The van der Waals surface area contributed by atoms with E-state index in [9.17, 15) is 4.79 Å². The van der Waals surface area contributed by atoms with Gasteiger partial charge in [-0.15, -0.1) is 0 Å². The van der Waals surface area contributed by atoms with Gasteiger partial charge in [-0.05, 0) is 6.92 Å². The van der Waals surface area contributed by atoms with Crippen molar-refractivity contribution in [3.8, 4) is 0 Å². The van der Waals surface area contributed by atoms with Gasteiger partial charge < -0.3 is 9.26 Å². The summed E-state index contributed by atoms with van der Waals surface area (Å²) in [6.45, 7) is 2.40. The molecule has 0 saturated carbocycles. The third kappa shape index (κ3) is 1.34. The number of hydrogen-bond acceptors (Lipinski definition) is 4. The van der Waals surface area contributed by atoms with Gasteiger partial charge in [0.2, 0.25) is 0 Å². The molecule has 0 spiro atoms. The van der Waals surface area contributed by atoms with Gasteiger partial charge in [0.05, 0.1) is 0 Å². The molecule has 0 N–H and O–H groups in total. The summed E-state index contributed by atoms with van der Waals surface area (Å²) >= 11 is 0. The molecule has 0 amide bonds. The maximum atomic E-state index is 9.73. The van der Waals surface area contributed by atoms with E-state index >= 15 is 0 Å². The standard InChI is InChI=1S/C6H7NO3/c1-5-2-10-7-6(5)3-9-4-8/h2,4H,3H2,1H3. The van der Waals surface area contributed by atoms with Gasteiger partial charge >= 0.3 is 0 Å². The second-order valence-electron chi connectivity index (χ2n) is 1.85. The zero-order valence-electron chi connectivity index (χ0n) is 5.53. The largest absolute Gasteiger partial charge is 0.461 e. The molecule has 0 fully saturated rings. The maximum absolute atomic E-state index is 9.73. The Kier molecular flexibility index (Phi) is 2.04. The van der Waals surface area contributed by atoms with Gasteiger partial charge in [0.15, 0.2) is 0 Å². The van der Waals surface area contributed by atoms with Gasteiger partial charge in [0, 0.05) is 5.56 Å². The fraction of sp³-hybridized carbons (Fsp3) is 0.333. The second kappa shape index (κ2) is 3.00. The lowest BCUT2D eigenvalue weighted by atomic mass is 10.3. The van der Waals surface area contributed by atoms with Crippen molar-refractivity contribution in [2.75, 3.05) is 0 Å². The molecule has 0 radical (unpaired) electrons. The number of hydrogen-bond donors (Lipinski definition) is 0. The smallest absolute Gasteiger partial charge is 0.293 e. The minimum absolute atomic E-state index is 0.186. The average molecular weight is 141 g/mol. The first-order chi connectivity index (χ1) is 4.84. The van der Waals surface area contributed by atoms with Gasteiger partial charge in [-0.3, -0.25) is 4.79 Å². The highest BCUT2D eigenvalue weighted by Crippen LogP contribution is 2.04. The molecule has 4 nitrogen and oxygen atoms in total. The van der Waals surface area contributed by atoms with E-state index in [1.165, 1.54) is 6.26 Å². The summed E-state index contributed by atoms with van der Waals surface area (Å²) in [4.78, 5) is 9.73. The Bertz CT molecular complexity index is 219. The molecule has 0 saturated heterocycles. The number of rotatable bonds is 3. The summed E-state index contributed by atoms with van der Waals surface area (Å²) in [6.07, 6.45) is 1.50. The number of nitrogens with zero attached hydrogens (tertiary/aromatic N) is 1. The predicted octanol–water partition coefficient (Wildman–Crippen LogP) is 0.656. The van der Waals surface area contributed by atoms with Gasteiger partial charge in [-0.2, -0.15) is 0 Å². The lowest BCUT2D eigenvalue weighted by Crippen LogP contribution is -1.91. The molecule has 0 bridgehead atoms. The summed E-state index contributed by atoms with van der Waals surface area (Å²) in [6, 6.07) is 0. The Morgan fingerprint density at radius 1 is 1.90 bits per heavy atom. The normalized spacial score (nSPS) is 9.30. The molecule has 0 atom stereocenters. The van der Waals surface area contributed by atoms with Crippen molar-refractivity contribution in [1.29, 1.82) is 0 Å². The van der Waals surface area contributed by atoms with Crippen LogP contribution in [0, 0.1) is 6.92 Å². The Labute approximate surface area is 57.8 Å². The number of aryl methyl sites for hydroxylation is 1. The van der Waals surface area contributed by atoms with E-state index in [-0.39, 0.29) is 6.61 Å². The van der Waals surface area contributed by atoms with Crippen LogP contribution in [0.25, 0.3) is 0 Å². The molecule has 0 aromatic carbocycles. The van der Waals surface area contributed by atoms with Crippen LogP contribution >= 0.6 is 0 Å². The molecule has 10 heavy (non-hydrogen) atoms. The summed E-state index contributed by atoms with van der Waals surface area (Å²) in [5.74, 6) is 0. The van der Waals surface area contributed by atoms with Crippen LogP contribution in [0.1, 0.15) is 11.3 Å². The molecule has 0 unspecified atom stereocenters. The predicted molar refractivity (Wildman–Crippen MR) is 32.1 cm³/mol. The number of aromatic nitrogens is 1. The van der Waals surface area contributed by atoms with Crippen LogP contribution in [0.4, 0.5) is 0 Å². The average Bonchev–Trinajstić information content (AvgIpc) is 2.31. The van der Waals surface area contributed by atoms with Gasteiger partial charge in [0.25, 0.3) is 6.47 Å². The zero-order chi connectivity index (χ0) is 7.40. The van der Waals surface area contributed by atoms with Crippen LogP contribution < -0.4 is 0 Å². The molecule has 0 aliphatic heterocycles. The molecule has 1 heterocycles. The highest BCUT2D eigenvalue weighted by atomic mass is 16.5. The Hall–Kier alpha value is -1.32. The first kappa shape index (κ1) is 6.80. The van der Waals surface area contributed by atoms with Crippen LogP contribution in [-0.4, -0.2) is 11.6 Å². The third-order valence-electron chi connectivity index (χ3n) is 1.14. The summed E-state index contributed by atoms with van der Waals surface area (Å²) < 4.78 is 9.05. The summed E-state index contributed by atoms with van der Waals surface area (Å²) in [5, 5.41) is 3.59. The van der Waals surface area contributed by atoms with Gasteiger partial charge in [-0.1, -0.05) is 5.16 Å². The second-order valence-corrected chi connectivity index (χ2v) is 1.85. The van der Waals surface area contributed by atoms with Crippen LogP contribution in [-0.2, 0) is 16.1 Å². The lowest BCUT2D eigenvalue weighted by Gasteiger charge is -1.91. The summed E-state index contributed by atoms with van der Waals surface area (Å²) in [5.41, 5.74) is 1.55. The van der Waals surface area contributed by atoms with Crippen molar-refractivity contribution in [3.63, 3.8) is 0 Å². The lowest BCUT2D eigenvalue weighted by molar-refractivity contribution is -0.129. The molecule has 0 aliphatic rings. The van der Waals surface area contributed by atoms with Crippen LogP contribution in [0.2, 0.25) is 0 Å². The van der Waals surface area contributed by atoms with E-state index < -0.39 is 0 Å². The highest BCUT2D eigenvalue weighted by Gasteiger charge is 2.01. The maximum Gasteiger partial charge on any atom is 0.293 e. The molecule has 0 aliphatic carbocycles. The number of ether oxygens (including phenoxy) is 1. The minimum atomic E-state index is 0.186. The Morgan fingerprint density at radius 2 is 2.70 bits per heavy atom. The monoisotopic (exact) mass is 141 g/mol. The van der Waals surface area contributed by atoms with E-state index in [0.717, 1.165) is 5.56 Å². The Balaban J connectivity index is 2.56. The van der Waals surface area contributed by atoms with Crippen LogP contribution in [0.3, 0.4) is 0 Å². The van der Waals surface area contributed by atoms with E-state index in [0.29, 0.717) is 12.2 Å². The molecule has 1 aromatic heterocycles. The van der Waals surface area contributed by atoms with E-state index in [2.05, 4.69) is 14.4 Å². The summed E-state index contributed by atoms with van der Waals surface area (Å²) in [7, 11) is 0. The topological polar surface area (TPSA) is 52.3 Å². The van der Waals surface area contributed by atoms with Gasteiger partial charge in [0.1, 0.15) is 18.6 Å². The fourth-order valence-corrected chi connectivity index (χ4v) is 0.562. The molecular formula is C6H7NO3. The third-order valence-corrected chi connectivity index (χ3v) is 1.14. The zero-order valence-corrected chi connectivity index (χ0v) is 5.53. The van der Waals surface area contributed by atoms with Crippen molar-refractivity contribution < 1.29 is 14.1 Å². The van der Waals surface area contributed by atoms with E-state index in [4.69, 9.17) is 0 Å². The van der Waals surface area contributed by atoms with Crippen molar-refractivity contribution in [1.82, 2.24) is 5.16 Å². The molecular weight excluding hydrogens is 134 g/mol. The highest BCUT2D eigenvalue weighted by molar-refractivity contribution is 5.37. The first-order valence-electron chi connectivity index (χ1n) is 2.79. The number of carbonyl (C=O) groups is 1. The van der Waals surface area contributed by atoms with Crippen molar-refractivity contribution >= 4 is 6.47 Å². The fourth-order valence-electron chi connectivity index (χ4n) is 0.562. The number of carbonyl (C=O) groups excluding carboxylic acids is 1. The molecule has 54 valence electrons. The SMILES string of the molecule is Cc1conc1COC=O. The first-order valence-corrected chi connectivity index (χ1v) is 2.79. The minimum Gasteiger partial charge on any atom is -0.461 e. The van der Waals surface area contributed by atoms with Crippen molar-refractivity contribution in [2.45, 2.75) is 13.5 Å². The molecule has 4 heteroatoms. The van der Waals surface area contributed by atoms with E-state index in [1.54, 1.807) is 0 Å². The van der Waals surface area contributed by atoms with Crippen LogP contribution in [0.15, 0.2) is 10.8 Å². The van der Waals surface area contributed by atoms with Crippen LogP contribution in [0.5, 0.6) is 0 Å².